The van der Waals surface area contributed by atoms with Crippen LogP contribution in [0.3, 0.4) is 0 Å². The Morgan fingerprint density at radius 3 is 2.52 bits per heavy atom. The number of hydrogen-bond donors (Lipinski definition) is 0. The number of carbonyl (C=O) groups is 1. The van der Waals surface area contributed by atoms with Crippen LogP contribution in [0.5, 0.6) is 5.75 Å². The molecule has 124 valence electrons. The van der Waals surface area contributed by atoms with E-state index in [9.17, 15) is 22.4 Å². The lowest BCUT2D eigenvalue weighted by atomic mass is 9.99. The molecule has 1 aromatic carbocycles. The van der Waals surface area contributed by atoms with E-state index in [1.807, 2.05) is 0 Å². The summed E-state index contributed by atoms with van der Waals surface area (Å²) in [6.07, 6.45) is -2.65. The molecule has 2 rings (SSSR count). The predicted octanol–water partition coefficient (Wildman–Crippen LogP) is 4.71. The summed E-state index contributed by atoms with van der Waals surface area (Å²) in [7, 11) is 0. The molecule has 0 radical (unpaired) electrons. The smallest absolute Gasteiger partial charge is 0.489 e. The van der Waals surface area contributed by atoms with Gasteiger partial charge in [-0.3, -0.25) is 4.79 Å². The molecule has 23 heavy (non-hydrogen) atoms. The Labute approximate surface area is 134 Å². The molecule has 1 aromatic rings. The monoisotopic (exact) mass is 350 g/mol. The van der Waals surface area contributed by atoms with Crippen LogP contribution in [0.15, 0.2) is 41.9 Å². The van der Waals surface area contributed by atoms with E-state index in [1.54, 1.807) is 0 Å². The van der Waals surface area contributed by atoms with Crippen LogP contribution in [0.2, 0.25) is 5.02 Å². The van der Waals surface area contributed by atoms with Crippen molar-refractivity contribution in [2.24, 2.45) is 5.92 Å². The van der Waals surface area contributed by atoms with Crippen molar-refractivity contribution < 1.29 is 31.8 Å². The zero-order chi connectivity index (χ0) is 17.2. The largest absolute Gasteiger partial charge is 0.573 e. The molecule has 0 spiro atoms. The second-order valence-electron chi connectivity index (χ2n) is 4.83. The molecule has 0 saturated carbocycles. The fraction of sp³-hybridized carbons (Fsp3) is 0.267. The lowest BCUT2D eigenvalue weighted by Gasteiger charge is -2.15. The zero-order valence-electron chi connectivity index (χ0n) is 11.8. The molecule has 3 nitrogen and oxygen atoms in total. The van der Waals surface area contributed by atoms with Crippen LogP contribution >= 0.6 is 11.6 Å². The highest BCUT2D eigenvalue weighted by Gasteiger charge is 2.31. The molecular weight excluding hydrogens is 340 g/mol. The molecule has 1 aliphatic rings. The van der Waals surface area contributed by atoms with Crippen LogP contribution in [0, 0.1) is 5.92 Å². The van der Waals surface area contributed by atoms with Crippen molar-refractivity contribution in [3.63, 3.8) is 0 Å². The number of ketones is 1. The van der Waals surface area contributed by atoms with Crippen molar-refractivity contribution in [3.8, 4) is 5.75 Å². The number of alkyl halides is 3. The highest BCUT2D eigenvalue weighted by molar-refractivity contribution is 6.30. The molecule has 1 unspecified atom stereocenters. The average molecular weight is 351 g/mol. The van der Waals surface area contributed by atoms with Crippen LogP contribution < -0.4 is 4.74 Å². The third kappa shape index (κ3) is 4.99. The zero-order valence-corrected chi connectivity index (χ0v) is 12.5. The Morgan fingerprint density at radius 1 is 1.22 bits per heavy atom. The third-order valence-electron chi connectivity index (χ3n) is 2.98. The molecule has 0 N–H and O–H groups in total. The number of rotatable bonds is 4. The number of carbonyl (C=O) groups excluding carboxylic acids is 1. The summed E-state index contributed by atoms with van der Waals surface area (Å²) in [5.41, 5.74) is 0.275. The third-order valence-corrected chi connectivity index (χ3v) is 3.19. The average Bonchev–Trinajstić information content (AvgIpc) is 2.39. The first-order chi connectivity index (χ1) is 10.6. The molecule has 1 atom stereocenters. The fourth-order valence-corrected chi connectivity index (χ4v) is 2.10. The standard InChI is InChI=1S/C15H11ClF4O3/c1-8-13(17)5-11(6-14(8)21)22-7-9-2-10(16)4-12(3-9)23-15(18,19)20/h2-6,8H,7H2,1H3. The van der Waals surface area contributed by atoms with Gasteiger partial charge in [0.05, 0.1) is 5.92 Å². The van der Waals surface area contributed by atoms with E-state index in [0.717, 1.165) is 24.3 Å². The van der Waals surface area contributed by atoms with Gasteiger partial charge in [-0.05, 0) is 30.7 Å². The minimum absolute atomic E-state index is 0.0103. The molecule has 0 amide bonds. The molecule has 1 aliphatic carbocycles. The highest BCUT2D eigenvalue weighted by Crippen LogP contribution is 2.28. The van der Waals surface area contributed by atoms with Crippen molar-refractivity contribution in [2.75, 3.05) is 0 Å². The first-order valence-electron chi connectivity index (χ1n) is 6.45. The summed E-state index contributed by atoms with van der Waals surface area (Å²) in [5.74, 6) is -2.45. The minimum Gasteiger partial charge on any atom is -0.489 e. The Hall–Kier alpha value is -2.02. The van der Waals surface area contributed by atoms with Crippen LogP contribution in [0.25, 0.3) is 0 Å². The summed E-state index contributed by atoms with van der Waals surface area (Å²) in [5, 5.41) is 0.0226. The van der Waals surface area contributed by atoms with E-state index in [0.29, 0.717) is 0 Å². The van der Waals surface area contributed by atoms with Crippen molar-refractivity contribution in [1.82, 2.24) is 0 Å². The topological polar surface area (TPSA) is 35.5 Å². The van der Waals surface area contributed by atoms with Gasteiger partial charge >= 0.3 is 6.36 Å². The summed E-state index contributed by atoms with van der Waals surface area (Å²) in [4.78, 5) is 11.5. The summed E-state index contributed by atoms with van der Waals surface area (Å²) in [6.45, 7) is 1.21. The van der Waals surface area contributed by atoms with E-state index < -0.39 is 29.6 Å². The van der Waals surface area contributed by atoms with Gasteiger partial charge in [0.15, 0.2) is 5.78 Å². The van der Waals surface area contributed by atoms with Crippen LogP contribution in [-0.2, 0) is 16.1 Å². The van der Waals surface area contributed by atoms with Gasteiger partial charge < -0.3 is 9.47 Å². The number of allylic oxidation sites excluding steroid dienone is 3. The van der Waals surface area contributed by atoms with E-state index in [2.05, 4.69) is 4.74 Å². The van der Waals surface area contributed by atoms with Crippen molar-refractivity contribution in [3.05, 3.63) is 52.5 Å². The van der Waals surface area contributed by atoms with Gasteiger partial charge in [-0.15, -0.1) is 13.2 Å². The first kappa shape index (κ1) is 17.3. The lowest BCUT2D eigenvalue weighted by molar-refractivity contribution is -0.274. The maximum absolute atomic E-state index is 13.5. The Balaban J connectivity index is 2.09. The van der Waals surface area contributed by atoms with Gasteiger partial charge in [0.2, 0.25) is 0 Å². The number of halogens is 5. The minimum atomic E-state index is -4.84. The number of hydrogen-bond acceptors (Lipinski definition) is 3. The first-order valence-corrected chi connectivity index (χ1v) is 6.82. The Morgan fingerprint density at radius 2 is 1.91 bits per heavy atom. The number of benzene rings is 1. The van der Waals surface area contributed by atoms with Gasteiger partial charge in [0, 0.05) is 17.2 Å². The summed E-state index contributed by atoms with van der Waals surface area (Å²) < 4.78 is 59.1. The molecule has 0 heterocycles. The van der Waals surface area contributed by atoms with Gasteiger partial charge in [-0.2, -0.15) is 0 Å². The molecule has 0 aliphatic heterocycles. The van der Waals surface area contributed by atoms with E-state index in [1.165, 1.54) is 13.0 Å². The quantitative estimate of drug-likeness (QED) is 0.738. The van der Waals surface area contributed by atoms with E-state index >= 15 is 0 Å². The second kappa shape index (κ2) is 6.62. The molecule has 0 bridgehead atoms. The molecule has 0 fully saturated rings. The predicted molar refractivity (Wildman–Crippen MR) is 74.4 cm³/mol. The second-order valence-corrected chi connectivity index (χ2v) is 5.27. The molecule has 0 aromatic heterocycles. The molecule has 0 saturated heterocycles. The highest BCUT2D eigenvalue weighted by atomic mass is 35.5. The van der Waals surface area contributed by atoms with Crippen molar-refractivity contribution >= 4 is 17.4 Å². The maximum Gasteiger partial charge on any atom is 0.573 e. The van der Waals surface area contributed by atoms with Crippen LogP contribution in [-0.4, -0.2) is 12.1 Å². The summed E-state index contributed by atoms with van der Waals surface area (Å²) in [6, 6.07) is 3.47. The van der Waals surface area contributed by atoms with Gasteiger partial charge in [0.1, 0.15) is 23.9 Å². The maximum atomic E-state index is 13.5. The van der Waals surface area contributed by atoms with E-state index in [-0.39, 0.29) is 23.0 Å². The van der Waals surface area contributed by atoms with Crippen molar-refractivity contribution in [1.29, 1.82) is 0 Å². The Kier molecular flexibility index (Phi) is 4.99. The summed E-state index contributed by atoms with van der Waals surface area (Å²) >= 11 is 5.72. The van der Waals surface area contributed by atoms with Gasteiger partial charge in [0.25, 0.3) is 0 Å². The lowest BCUT2D eigenvalue weighted by Crippen LogP contribution is -2.17. The fourth-order valence-electron chi connectivity index (χ4n) is 1.85. The number of ether oxygens (including phenoxy) is 2. The van der Waals surface area contributed by atoms with Crippen molar-refractivity contribution in [2.45, 2.75) is 19.9 Å². The van der Waals surface area contributed by atoms with Gasteiger partial charge in [-0.25, -0.2) is 4.39 Å². The Bertz CT molecular complexity index is 680. The molecular formula is C15H11ClF4O3. The molecule has 8 heteroatoms. The van der Waals surface area contributed by atoms with Crippen LogP contribution in [0.1, 0.15) is 12.5 Å². The van der Waals surface area contributed by atoms with Gasteiger partial charge in [-0.1, -0.05) is 11.6 Å². The van der Waals surface area contributed by atoms with Crippen LogP contribution in [0.4, 0.5) is 17.6 Å². The SMILES string of the molecule is CC1C(=O)C=C(OCc2cc(Cl)cc(OC(F)(F)F)c2)C=C1F. The van der Waals surface area contributed by atoms with E-state index in [4.69, 9.17) is 16.3 Å². The normalized spacial score (nSPS) is 18.3.